The number of benzene rings is 1. The fraction of sp³-hybridized carbons (Fsp3) is 0.308. The van der Waals surface area contributed by atoms with Gasteiger partial charge in [-0.15, -0.1) is 16.7 Å². The molecule has 0 saturated heterocycles. The average molecular weight is 276 g/mol. The Bertz CT molecular complexity index is 671. The van der Waals surface area contributed by atoms with Crippen molar-refractivity contribution in [1.29, 1.82) is 0 Å². The molecule has 5 nitrogen and oxygen atoms in total. The van der Waals surface area contributed by atoms with Crippen molar-refractivity contribution < 1.29 is 0 Å². The normalized spacial score (nSPS) is 12.9. The Kier molecular flexibility index (Phi) is 3.21. The van der Waals surface area contributed by atoms with Gasteiger partial charge in [0.15, 0.2) is 0 Å². The van der Waals surface area contributed by atoms with Crippen LogP contribution in [-0.4, -0.2) is 24.5 Å². The van der Waals surface area contributed by atoms with Gasteiger partial charge in [-0.2, -0.15) is 0 Å². The van der Waals surface area contributed by atoms with Crippen molar-refractivity contribution in [2.45, 2.75) is 25.4 Å². The van der Waals surface area contributed by atoms with Gasteiger partial charge in [0.05, 0.1) is 29.2 Å². The zero-order valence-electron chi connectivity index (χ0n) is 10.6. The lowest BCUT2D eigenvalue weighted by Crippen LogP contribution is -2.11. The molecule has 6 heteroatoms. The zero-order valence-corrected chi connectivity index (χ0v) is 11.3. The van der Waals surface area contributed by atoms with Crippen LogP contribution in [0.5, 0.6) is 0 Å². The Balaban J connectivity index is 1.97. The smallest absolute Gasteiger partial charge is 0.127 e. The van der Waals surface area contributed by atoms with E-state index in [1.165, 1.54) is 0 Å². The third-order valence-corrected chi connectivity index (χ3v) is 3.26. The maximum Gasteiger partial charge on any atom is 0.127 e. The van der Waals surface area contributed by atoms with Gasteiger partial charge in [0.2, 0.25) is 0 Å². The molecule has 1 unspecified atom stereocenters. The summed E-state index contributed by atoms with van der Waals surface area (Å²) in [6.07, 6.45) is 3.53. The Hall–Kier alpha value is -1.88. The number of para-hydroxylation sites is 2. The number of aromatic nitrogens is 5. The number of hydrogen-bond donors (Lipinski definition) is 0. The number of nitrogens with zero attached hydrogens (tertiary/aromatic N) is 5. The quantitative estimate of drug-likeness (QED) is 0.688. The molecule has 0 fully saturated rings. The fourth-order valence-electron chi connectivity index (χ4n) is 2.19. The van der Waals surface area contributed by atoms with Crippen molar-refractivity contribution in [3.8, 4) is 0 Å². The van der Waals surface area contributed by atoms with Crippen molar-refractivity contribution in [1.82, 2.24) is 24.5 Å². The average Bonchev–Trinajstić information content (AvgIpc) is 3.03. The molecule has 0 saturated carbocycles. The Morgan fingerprint density at radius 2 is 2.11 bits per heavy atom. The van der Waals surface area contributed by atoms with Gasteiger partial charge in [0.1, 0.15) is 5.82 Å². The van der Waals surface area contributed by atoms with Crippen LogP contribution in [0.15, 0.2) is 36.7 Å². The molecule has 2 aromatic heterocycles. The highest BCUT2D eigenvalue weighted by molar-refractivity contribution is 6.20. The minimum Gasteiger partial charge on any atom is -0.325 e. The molecule has 3 aromatic rings. The minimum atomic E-state index is -0.122. The first kappa shape index (κ1) is 12.2. The predicted molar refractivity (Wildman–Crippen MR) is 74.0 cm³/mol. The first-order chi connectivity index (χ1) is 9.25. The summed E-state index contributed by atoms with van der Waals surface area (Å²) in [5.41, 5.74) is 2.08. The Labute approximate surface area is 115 Å². The van der Waals surface area contributed by atoms with Gasteiger partial charge in [-0.1, -0.05) is 17.3 Å². The van der Waals surface area contributed by atoms with Crippen LogP contribution in [0.1, 0.15) is 18.1 Å². The van der Waals surface area contributed by atoms with Crippen LogP contribution in [0.3, 0.4) is 0 Å². The lowest BCUT2D eigenvalue weighted by atomic mass is 10.3. The summed E-state index contributed by atoms with van der Waals surface area (Å²) in [4.78, 5) is 4.60. The molecule has 98 valence electrons. The van der Waals surface area contributed by atoms with E-state index >= 15 is 0 Å². The van der Waals surface area contributed by atoms with Crippen molar-refractivity contribution in [2.75, 3.05) is 0 Å². The molecule has 19 heavy (non-hydrogen) atoms. The van der Waals surface area contributed by atoms with Gasteiger partial charge >= 0.3 is 0 Å². The highest BCUT2D eigenvalue weighted by Crippen LogP contribution is 2.24. The maximum atomic E-state index is 6.22. The van der Waals surface area contributed by atoms with Crippen molar-refractivity contribution >= 4 is 22.6 Å². The van der Waals surface area contributed by atoms with Crippen LogP contribution in [-0.2, 0) is 13.1 Å². The predicted octanol–water partition coefficient (Wildman–Crippen LogP) is 2.63. The number of aryl methyl sites for hydroxylation is 2. The van der Waals surface area contributed by atoms with Crippen LogP contribution < -0.4 is 0 Å². The van der Waals surface area contributed by atoms with Crippen LogP contribution >= 0.6 is 11.6 Å². The molecule has 0 bridgehead atoms. The van der Waals surface area contributed by atoms with Gasteiger partial charge in [-0.3, -0.25) is 4.68 Å². The minimum absolute atomic E-state index is 0.122. The number of hydrogen-bond acceptors (Lipinski definition) is 3. The summed E-state index contributed by atoms with van der Waals surface area (Å²) in [7, 11) is 0. The molecule has 0 aliphatic carbocycles. The maximum absolute atomic E-state index is 6.22. The van der Waals surface area contributed by atoms with Crippen molar-refractivity contribution in [3.63, 3.8) is 0 Å². The zero-order chi connectivity index (χ0) is 13.2. The largest absolute Gasteiger partial charge is 0.325 e. The fourth-order valence-corrected chi connectivity index (χ4v) is 2.35. The second kappa shape index (κ2) is 5.01. The van der Waals surface area contributed by atoms with E-state index in [0.717, 1.165) is 29.9 Å². The Morgan fingerprint density at radius 1 is 1.26 bits per heavy atom. The van der Waals surface area contributed by atoms with Crippen LogP contribution in [0.2, 0.25) is 0 Å². The van der Waals surface area contributed by atoms with E-state index < -0.39 is 0 Å². The van der Waals surface area contributed by atoms with Crippen LogP contribution in [0.25, 0.3) is 11.0 Å². The molecule has 0 aliphatic rings. The van der Waals surface area contributed by atoms with Crippen molar-refractivity contribution in [2.24, 2.45) is 0 Å². The van der Waals surface area contributed by atoms with E-state index in [2.05, 4.69) is 25.9 Å². The molecular formula is C13H14ClN5. The molecular weight excluding hydrogens is 262 g/mol. The third-order valence-electron chi connectivity index (χ3n) is 3.06. The molecule has 1 aromatic carbocycles. The topological polar surface area (TPSA) is 48.5 Å². The summed E-state index contributed by atoms with van der Waals surface area (Å²) >= 11 is 6.22. The molecule has 0 amide bonds. The summed E-state index contributed by atoms with van der Waals surface area (Å²) in [5.74, 6) is 0.892. The summed E-state index contributed by atoms with van der Waals surface area (Å²) < 4.78 is 3.95. The molecule has 3 rings (SSSR count). The van der Waals surface area contributed by atoms with Gasteiger partial charge in [0, 0.05) is 12.7 Å². The first-order valence-corrected chi connectivity index (χ1v) is 6.62. The summed E-state index contributed by atoms with van der Waals surface area (Å²) in [5, 5.41) is 7.65. The second-order valence-corrected chi connectivity index (χ2v) is 5.05. The van der Waals surface area contributed by atoms with E-state index in [-0.39, 0.29) is 5.38 Å². The standard InChI is InChI=1S/C13H14ClN5/c1-10(14)13-16-11-4-2-3-5-12(11)19(13)9-8-18-7-6-15-17-18/h2-7,10H,8-9H2,1H3. The highest BCUT2D eigenvalue weighted by atomic mass is 35.5. The number of rotatable bonds is 4. The van der Waals surface area contributed by atoms with E-state index in [1.54, 1.807) is 10.9 Å². The van der Waals surface area contributed by atoms with E-state index in [4.69, 9.17) is 11.6 Å². The van der Waals surface area contributed by atoms with Crippen molar-refractivity contribution in [3.05, 3.63) is 42.5 Å². The Morgan fingerprint density at radius 3 is 2.84 bits per heavy atom. The summed E-state index contributed by atoms with van der Waals surface area (Å²) in [6.45, 7) is 3.46. The highest BCUT2D eigenvalue weighted by Gasteiger charge is 2.14. The van der Waals surface area contributed by atoms with E-state index in [0.29, 0.717) is 0 Å². The molecule has 0 N–H and O–H groups in total. The van der Waals surface area contributed by atoms with Gasteiger partial charge in [-0.05, 0) is 19.1 Å². The molecule has 0 aliphatic heterocycles. The molecule has 1 atom stereocenters. The molecule has 0 spiro atoms. The molecule has 2 heterocycles. The SMILES string of the molecule is CC(Cl)c1nc2ccccc2n1CCn1ccnn1. The van der Waals surface area contributed by atoms with Crippen LogP contribution in [0, 0.1) is 0 Å². The monoisotopic (exact) mass is 275 g/mol. The first-order valence-electron chi connectivity index (χ1n) is 6.19. The number of fused-ring (bicyclic) bond motifs is 1. The van der Waals surface area contributed by atoms with E-state index in [9.17, 15) is 0 Å². The van der Waals surface area contributed by atoms with E-state index in [1.807, 2.05) is 31.3 Å². The van der Waals surface area contributed by atoms with Gasteiger partial charge in [0.25, 0.3) is 0 Å². The summed E-state index contributed by atoms with van der Waals surface area (Å²) in [6, 6.07) is 8.06. The number of imidazole rings is 1. The van der Waals surface area contributed by atoms with Gasteiger partial charge in [-0.25, -0.2) is 4.98 Å². The van der Waals surface area contributed by atoms with Crippen LogP contribution in [0.4, 0.5) is 0 Å². The number of alkyl halides is 1. The second-order valence-electron chi connectivity index (χ2n) is 4.39. The lowest BCUT2D eigenvalue weighted by molar-refractivity contribution is 0.515. The van der Waals surface area contributed by atoms with Gasteiger partial charge < -0.3 is 4.57 Å². The molecule has 0 radical (unpaired) electrons. The lowest BCUT2D eigenvalue weighted by Gasteiger charge is -2.10. The third kappa shape index (κ3) is 2.33. The number of halogens is 1.